The second-order valence-corrected chi connectivity index (χ2v) is 5.55. The molecule has 120 valence electrons. The van der Waals surface area contributed by atoms with Gasteiger partial charge in [-0.05, 0) is 39.7 Å². The minimum atomic E-state index is -0.418. The summed E-state index contributed by atoms with van der Waals surface area (Å²) in [5, 5.41) is 12.8. The van der Waals surface area contributed by atoms with E-state index in [1.165, 1.54) is 6.21 Å². The van der Waals surface area contributed by atoms with Crippen LogP contribution in [0.4, 0.5) is 0 Å². The van der Waals surface area contributed by atoms with Gasteiger partial charge < -0.3 is 4.74 Å². The number of halogens is 1. The zero-order valence-corrected chi connectivity index (χ0v) is 14.2. The first-order chi connectivity index (χ1) is 11.7. The molecule has 24 heavy (non-hydrogen) atoms. The molecule has 1 N–H and O–H groups in total. The van der Waals surface area contributed by atoms with E-state index in [0.717, 1.165) is 5.56 Å². The van der Waals surface area contributed by atoms with Crippen LogP contribution in [0.15, 0.2) is 64.2 Å². The van der Waals surface area contributed by atoms with Gasteiger partial charge in [-0.15, -0.1) is 0 Å². The molecule has 6 heteroatoms. The van der Waals surface area contributed by atoms with Crippen LogP contribution in [0.2, 0.25) is 0 Å². The lowest BCUT2D eigenvalue weighted by molar-refractivity contribution is -0.123. The first-order valence-corrected chi connectivity index (χ1v) is 7.84. The normalized spacial score (nSPS) is 11.1. The monoisotopic (exact) mass is 383 g/mol. The Morgan fingerprint density at radius 2 is 1.92 bits per heavy atom. The Morgan fingerprint density at radius 3 is 2.67 bits per heavy atom. The van der Waals surface area contributed by atoms with Crippen LogP contribution in [0.1, 0.15) is 11.1 Å². The van der Waals surface area contributed by atoms with E-state index in [9.17, 15) is 4.79 Å². The van der Waals surface area contributed by atoms with Crippen LogP contribution in [-0.2, 0) is 4.79 Å². The summed E-state index contributed by atoms with van der Waals surface area (Å²) in [6.07, 6.45) is 3.35. The number of carbonyl (C=O) groups is 1. The summed E-state index contributed by atoms with van der Waals surface area (Å²) in [6.45, 7) is -0.226. The Balaban J connectivity index is 1.83. The number of nitrogens with zero attached hydrogens (tertiary/aromatic N) is 2. The van der Waals surface area contributed by atoms with Crippen molar-refractivity contribution in [3.63, 3.8) is 0 Å². The maximum Gasteiger partial charge on any atom is 0.277 e. The Labute approximate surface area is 148 Å². The van der Waals surface area contributed by atoms with E-state index < -0.39 is 5.91 Å². The van der Waals surface area contributed by atoms with Crippen LogP contribution in [0, 0.1) is 11.3 Å². The molecule has 0 aliphatic carbocycles. The number of nitriles is 1. The first-order valence-electron chi connectivity index (χ1n) is 7.05. The van der Waals surface area contributed by atoms with Gasteiger partial charge in [0.05, 0.1) is 11.8 Å². The highest BCUT2D eigenvalue weighted by molar-refractivity contribution is 9.12. The van der Waals surface area contributed by atoms with Crippen molar-refractivity contribution in [1.82, 2.24) is 5.43 Å². The van der Waals surface area contributed by atoms with Gasteiger partial charge in [-0.1, -0.05) is 42.5 Å². The average molecular weight is 384 g/mol. The number of hydrazone groups is 1. The van der Waals surface area contributed by atoms with Crippen LogP contribution in [0.3, 0.4) is 0 Å². The molecule has 2 aromatic carbocycles. The Morgan fingerprint density at radius 1 is 1.21 bits per heavy atom. The van der Waals surface area contributed by atoms with Gasteiger partial charge >= 0.3 is 0 Å². The molecule has 2 rings (SSSR count). The van der Waals surface area contributed by atoms with Gasteiger partial charge in [0.1, 0.15) is 11.8 Å². The number of nitrogens with one attached hydrogen (secondary N) is 1. The quantitative estimate of drug-likeness (QED) is 0.612. The van der Waals surface area contributed by atoms with E-state index in [1.54, 1.807) is 24.3 Å². The van der Waals surface area contributed by atoms with E-state index >= 15 is 0 Å². The fourth-order valence-corrected chi connectivity index (χ4v) is 2.14. The summed E-state index contributed by atoms with van der Waals surface area (Å²) in [6, 6.07) is 18.4. The molecule has 0 unspecified atom stereocenters. The van der Waals surface area contributed by atoms with Crippen LogP contribution in [0.5, 0.6) is 5.75 Å². The zero-order valence-electron chi connectivity index (χ0n) is 12.6. The van der Waals surface area contributed by atoms with Crippen LogP contribution >= 0.6 is 15.9 Å². The molecule has 5 nitrogen and oxygen atoms in total. The molecule has 0 aliphatic heterocycles. The Bertz CT molecular complexity index is 795. The molecular weight excluding hydrogens is 370 g/mol. The number of amides is 1. The van der Waals surface area contributed by atoms with E-state index in [2.05, 4.69) is 26.5 Å². The first kappa shape index (κ1) is 17.4. The fourth-order valence-electron chi connectivity index (χ4n) is 1.77. The largest absolute Gasteiger partial charge is 0.482 e. The van der Waals surface area contributed by atoms with Crippen LogP contribution in [-0.4, -0.2) is 18.7 Å². The van der Waals surface area contributed by atoms with E-state index in [-0.39, 0.29) is 6.61 Å². The maximum absolute atomic E-state index is 11.7. The molecule has 2 aromatic rings. The summed E-state index contributed by atoms with van der Waals surface area (Å²) in [5.74, 6) is -0.0525. The fraction of sp³-hybridized carbons (Fsp3) is 0.0556. The lowest BCUT2D eigenvalue weighted by Crippen LogP contribution is -2.24. The van der Waals surface area contributed by atoms with Gasteiger partial charge in [0.15, 0.2) is 6.61 Å². The molecule has 0 spiro atoms. The predicted molar refractivity (Wildman–Crippen MR) is 96.6 cm³/mol. The predicted octanol–water partition coefficient (Wildman–Crippen LogP) is 3.48. The van der Waals surface area contributed by atoms with Gasteiger partial charge in [-0.3, -0.25) is 4.79 Å². The number of para-hydroxylation sites is 1. The third-order valence-corrected chi connectivity index (χ3v) is 3.28. The second-order valence-electron chi connectivity index (χ2n) is 4.63. The Hall–Kier alpha value is -2.91. The topological polar surface area (TPSA) is 74.5 Å². The minimum absolute atomic E-state index is 0.226. The van der Waals surface area contributed by atoms with Crippen molar-refractivity contribution in [2.45, 2.75) is 0 Å². The van der Waals surface area contributed by atoms with Gasteiger partial charge in [-0.25, -0.2) is 5.43 Å². The van der Waals surface area contributed by atoms with Gasteiger partial charge in [0.2, 0.25) is 0 Å². The van der Waals surface area contributed by atoms with Crippen molar-refractivity contribution >= 4 is 34.1 Å². The number of ether oxygens (including phenoxy) is 1. The highest BCUT2D eigenvalue weighted by atomic mass is 79.9. The molecule has 0 radical (unpaired) electrons. The second kappa shape index (κ2) is 9.28. The zero-order chi connectivity index (χ0) is 17.2. The van der Waals surface area contributed by atoms with Crippen molar-refractivity contribution < 1.29 is 9.53 Å². The number of allylic oxidation sites excluding steroid dienone is 1. The minimum Gasteiger partial charge on any atom is -0.482 e. The van der Waals surface area contributed by atoms with Gasteiger partial charge in [-0.2, -0.15) is 10.4 Å². The molecule has 0 aromatic heterocycles. The summed E-state index contributed by atoms with van der Waals surface area (Å²) in [7, 11) is 0. The molecule has 0 saturated carbocycles. The lowest BCUT2D eigenvalue weighted by Gasteiger charge is -2.06. The van der Waals surface area contributed by atoms with Gasteiger partial charge in [0.25, 0.3) is 5.91 Å². The molecule has 0 atom stereocenters. The average Bonchev–Trinajstić information content (AvgIpc) is 2.61. The van der Waals surface area contributed by atoms with E-state index in [0.29, 0.717) is 15.8 Å². The van der Waals surface area contributed by atoms with Gasteiger partial charge in [0, 0.05) is 4.48 Å². The number of rotatable bonds is 6. The van der Waals surface area contributed by atoms with E-state index in [4.69, 9.17) is 10.00 Å². The molecule has 1 amide bonds. The SMILES string of the molecule is N#Cc1ccccc1OCC(=O)N/N=C\C(Br)=C\c1ccccc1. The summed E-state index contributed by atoms with van der Waals surface area (Å²) < 4.78 is 6.02. The third kappa shape index (κ3) is 5.71. The molecule has 0 heterocycles. The highest BCUT2D eigenvalue weighted by Crippen LogP contribution is 2.16. The number of carbonyl (C=O) groups excluding carboxylic acids is 1. The molecule has 0 aliphatic rings. The molecule has 0 saturated heterocycles. The van der Waals surface area contributed by atoms with E-state index in [1.807, 2.05) is 42.5 Å². The van der Waals surface area contributed by atoms with Crippen LogP contribution in [0.25, 0.3) is 6.08 Å². The van der Waals surface area contributed by atoms with Crippen molar-refractivity contribution in [1.29, 1.82) is 5.26 Å². The number of benzene rings is 2. The van der Waals surface area contributed by atoms with Crippen molar-refractivity contribution in [3.8, 4) is 11.8 Å². The van der Waals surface area contributed by atoms with Crippen molar-refractivity contribution in [3.05, 3.63) is 70.2 Å². The molecule has 0 bridgehead atoms. The number of hydrogen-bond donors (Lipinski definition) is 1. The third-order valence-electron chi connectivity index (χ3n) is 2.85. The van der Waals surface area contributed by atoms with Crippen molar-refractivity contribution in [2.24, 2.45) is 5.10 Å². The highest BCUT2D eigenvalue weighted by Gasteiger charge is 2.05. The van der Waals surface area contributed by atoms with Crippen molar-refractivity contribution in [2.75, 3.05) is 6.61 Å². The maximum atomic E-state index is 11.7. The molecular formula is C18H14BrN3O2. The lowest BCUT2D eigenvalue weighted by atomic mass is 10.2. The number of hydrogen-bond acceptors (Lipinski definition) is 4. The summed E-state index contributed by atoms with van der Waals surface area (Å²) in [5.41, 5.74) is 3.75. The summed E-state index contributed by atoms with van der Waals surface area (Å²) in [4.78, 5) is 11.7. The standard InChI is InChI=1S/C18H14BrN3O2/c19-16(10-14-6-2-1-3-7-14)12-21-22-18(23)13-24-17-9-5-4-8-15(17)11-20/h1-10,12H,13H2,(H,22,23)/b16-10-,21-12-. The molecule has 0 fully saturated rings. The van der Waals surface area contributed by atoms with Crippen LogP contribution < -0.4 is 10.2 Å². The summed E-state index contributed by atoms with van der Waals surface area (Å²) >= 11 is 3.35. The smallest absolute Gasteiger partial charge is 0.277 e. The Kier molecular flexibility index (Phi) is 6.74.